The van der Waals surface area contributed by atoms with E-state index in [1.165, 1.54) is 0 Å². The molecule has 1 atom stereocenters. The molecule has 26 heavy (non-hydrogen) atoms. The van der Waals surface area contributed by atoms with E-state index in [0.717, 1.165) is 16.8 Å². The van der Waals surface area contributed by atoms with Crippen LogP contribution in [-0.2, 0) is 16.1 Å². The van der Waals surface area contributed by atoms with Gasteiger partial charge in [0.1, 0.15) is 5.69 Å². The van der Waals surface area contributed by atoms with Crippen molar-refractivity contribution < 1.29 is 14.1 Å². The lowest BCUT2D eigenvalue weighted by molar-refractivity contribution is -0.125. The van der Waals surface area contributed by atoms with E-state index < -0.39 is 5.92 Å². The Hall–Kier alpha value is -3.41. The second-order valence-electron chi connectivity index (χ2n) is 6.16. The third-order valence-electron chi connectivity index (χ3n) is 4.38. The smallest absolute Gasteiger partial charge is 0.232 e. The first-order chi connectivity index (χ1) is 12.7. The van der Waals surface area contributed by atoms with Gasteiger partial charge in [-0.25, -0.2) is 0 Å². The van der Waals surface area contributed by atoms with E-state index in [4.69, 9.17) is 4.52 Å². The summed E-state index contributed by atoms with van der Waals surface area (Å²) >= 11 is 0. The second-order valence-corrected chi connectivity index (χ2v) is 6.16. The molecule has 6 nitrogen and oxygen atoms in total. The summed E-state index contributed by atoms with van der Waals surface area (Å²) in [6, 6.07) is 18.9. The molecule has 6 heteroatoms. The van der Waals surface area contributed by atoms with Crippen molar-refractivity contribution in [2.75, 3.05) is 5.32 Å². The number of nitrogens with zero attached hydrogens (tertiary/aromatic N) is 1. The molecular weight excluding hydrogens is 330 g/mol. The van der Waals surface area contributed by atoms with E-state index in [9.17, 15) is 9.59 Å². The molecule has 0 saturated carbocycles. The number of aromatic nitrogens is 1. The first-order valence-corrected chi connectivity index (χ1v) is 8.38. The van der Waals surface area contributed by atoms with Crippen LogP contribution >= 0.6 is 0 Å². The van der Waals surface area contributed by atoms with Crippen molar-refractivity contribution in [2.45, 2.75) is 18.9 Å². The molecule has 2 N–H and O–H groups in total. The van der Waals surface area contributed by atoms with Gasteiger partial charge in [-0.15, -0.1) is 0 Å². The molecule has 1 aliphatic heterocycles. The molecule has 130 valence electrons. The number of amides is 2. The summed E-state index contributed by atoms with van der Waals surface area (Å²) in [7, 11) is 0. The average Bonchev–Trinajstić information content (AvgIpc) is 3.26. The highest BCUT2D eigenvalue weighted by molar-refractivity contribution is 6.04. The van der Waals surface area contributed by atoms with Gasteiger partial charge in [-0.05, 0) is 11.6 Å². The van der Waals surface area contributed by atoms with Crippen molar-refractivity contribution in [2.24, 2.45) is 0 Å². The molecule has 0 radical (unpaired) electrons. The Morgan fingerprint density at radius 1 is 1.12 bits per heavy atom. The van der Waals surface area contributed by atoms with Crippen molar-refractivity contribution in [1.29, 1.82) is 0 Å². The van der Waals surface area contributed by atoms with Gasteiger partial charge >= 0.3 is 0 Å². The van der Waals surface area contributed by atoms with Gasteiger partial charge in [0.25, 0.3) is 0 Å². The summed E-state index contributed by atoms with van der Waals surface area (Å²) in [5, 5.41) is 9.58. The fourth-order valence-corrected chi connectivity index (χ4v) is 3.06. The minimum Gasteiger partial charge on any atom is -0.356 e. The van der Waals surface area contributed by atoms with Gasteiger partial charge in [-0.3, -0.25) is 9.59 Å². The summed E-state index contributed by atoms with van der Waals surface area (Å²) in [4.78, 5) is 24.3. The SMILES string of the molecule is O=C(C[C@@H]1C(=O)Nc2ccccc21)NCc1cc(-c2ccccc2)on1. The van der Waals surface area contributed by atoms with Crippen molar-refractivity contribution in [3.8, 4) is 11.3 Å². The predicted molar refractivity (Wildman–Crippen MR) is 96.2 cm³/mol. The molecule has 1 aromatic heterocycles. The van der Waals surface area contributed by atoms with Gasteiger partial charge in [0.2, 0.25) is 11.8 Å². The lowest BCUT2D eigenvalue weighted by Gasteiger charge is -2.08. The van der Waals surface area contributed by atoms with E-state index in [-0.39, 0.29) is 24.8 Å². The third-order valence-corrected chi connectivity index (χ3v) is 4.38. The summed E-state index contributed by atoms with van der Waals surface area (Å²) < 4.78 is 5.31. The number of carbonyl (C=O) groups excluding carboxylic acids is 2. The van der Waals surface area contributed by atoms with Crippen molar-refractivity contribution in [3.05, 3.63) is 71.9 Å². The number of fused-ring (bicyclic) bond motifs is 1. The zero-order chi connectivity index (χ0) is 17.9. The monoisotopic (exact) mass is 347 g/mol. The molecule has 0 fully saturated rings. The van der Waals surface area contributed by atoms with Crippen LogP contribution < -0.4 is 10.6 Å². The van der Waals surface area contributed by atoms with Crippen LogP contribution in [0.25, 0.3) is 11.3 Å². The zero-order valence-electron chi connectivity index (χ0n) is 13.9. The molecule has 4 rings (SSSR count). The Kier molecular flexibility index (Phi) is 4.23. The summed E-state index contributed by atoms with van der Waals surface area (Å²) in [6.45, 7) is 0.255. The number of nitrogens with one attached hydrogen (secondary N) is 2. The fraction of sp³-hybridized carbons (Fsp3) is 0.150. The molecule has 0 bridgehead atoms. The van der Waals surface area contributed by atoms with Gasteiger partial charge < -0.3 is 15.2 Å². The Morgan fingerprint density at radius 3 is 2.73 bits per heavy atom. The van der Waals surface area contributed by atoms with Crippen LogP contribution in [-0.4, -0.2) is 17.0 Å². The van der Waals surface area contributed by atoms with Gasteiger partial charge in [-0.2, -0.15) is 0 Å². The highest BCUT2D eigenvalue weighted by atomic mass is 16.5. The maximum atomic E-state index is 12.3. The number of anilines is 1. The van der Waals surface area contributed by atoms with Gasteiger partial charge in [0.15, 0.2) is 5.76 Å². The molecule has 2 amide bonds. The number of hydrogen-bond donors (Lipinski definition) is 2. The maximum absolute atomic E-state index is 12.3. The van der Waals surface area contributed by atoms with Gasteiger partial charge in [-0.1, -0.05) is 53.7 Å². The van der Waals surface area contributed by atoms with Crippen molar-refractivity contribution in [1.82, 2.24) is 10.5 Å². The molecule has 1 aliphatic rings. The first kappa shape index (κ1) is 16.1. The lowest BCUT2D eigenvalue weighted by atomic mass is 9.97. The Balaban J connectivity index is 1.36. The number of carbonyl (C=O) groups is 2. The minimum atomic E-state index is -0.455. The number of benzene rings is 2. The Labute approximate surface area is 150 Å². The normalized spacial score (nSPS) is 15.4. The molecule has 2 aromatic carbocycles. The number of rotatable bonds is 5. The standard InChI is InChI=1S/C20H17N3O3/c24-19(11-16-15-8-4-5-9-17(15)22-20(16)25)21-12-14-10-18(26-23-14)13-6-2-1-3-7-13/h1-10,16H,11-12H2,(H,21,24)(H,22,25)/t16-/m0/s1. The van der Waals surface area contributed by atoms with E-state index in [1.807, 2.05) is 54.6 Å². The van der Waals surface area contributed by atoms with Crippen LogP contribution in [0.15, 0.2) is 65.2 Å². The topological polar surface area (TPSA) is 84.2 Å². The first-order valence-electron chi connectivity index (χ1n) is 8.38. The molecular formula is C20H17N3O3. The molecule has 2 heterocycles. The second kappa shape index (κ2) is 6.84. The predicted octanol–water partition coefficient (Wildman–Crippen LogP) is 3.08. The summed E-state index contributed by atoms with van der Waals surface area (Å²) in [6.07, 6.45) is 0.103. The highest BCUT2D eigenvalue weighted by Crippen LogP contribution is 2.34. The molecule has 0 saturated heterocycles. The third kappa shape index (κ3) is 3.21. The van der Waals surface area contributed by atoms with E-state index in [2.05, 4.69) is 15.8 Å². The molecule has 0 unspecified atom stereocenters. The Morgan fingerprint density at radius 2 is 1.88 bits per heavy atom. The Bertz CT molecular complexity index is 950. The minimum absolute atomic E-state index is 0.103. The lowest BCUT2D eigenvalue weighted by Crippen LogP contribution is -2.26. The fourth-order valence-electron chi connectivity index (χ4n) is 3.06. The summed E-state index contributed by atoms with van der Waals surface area (Å²) in [5.41, 5.74) is 3.20. The number of hydrogen-bond acceptors (Lipinski definition) is 4. The highest BCUT2D eigenvalue weighted by Gasteiger charge is 2.31. The van der Waals surface area contributed by atoms with Crippen molar-refractivity contribution in [3.63, 3.8) is 0 Å². The average molecular weight is 347 g/mol. The quantitative estimate of drug-likeness (QED) is 0.743. The molecule has 3 aromatic rings. The van der Waals surface area contributed by atoms with E-state index in [1.54, 1.807) is 6.07 Å². The van der Waals surface area contributed by atoms with E-state index in [0.29, 0.717) is 11.5 Å². The van der Waals surface area contributed by atoms with Crippen LogP contribution in [0.3, 0.4) is 0 Å². The number of para-hydroxylation sites is 1. The zero-order valence-corrected chi connectivity index (χ0v) is 13.9. The van der Waals surface area contributed by atoms with Crippen LogP contribution in [0, 0.1) is 0 Å². The van der Waals surface area contributed by atoms with Gasteiger partial charge in [0.05, 0.1) is 12.5 Å². The van der Waals surface area contributed by atoms with Crippen LogP contribution in [0.2, 0.25) is 0 Å². The summed E-state index contributed by atoms with van der Waals surface area (Å²) in [5.74, 6) is -0.150. The van der Waals surface area contributed by atoms with Crippen molar-refractivity contribution >= 4 is 17.5 Å². The van der Waals surface area contributed by atoms with Crippen LogP contribution in [0.4, 0.5) is 5.69 Å². The van der Waals surface area contributed by atoms with Gasteiger partial charge in [0, 0.05) is 23.7 Å². The van der Waals surface area contributed by atoms with Crippen LogP contribution in [0.1, 0.15) is 23.6 Å². The largest absolute Gasteiger partial charge is 0.356 e. The molecule has 0 aliphatic carbocycles. The maximum Gasteiger partial charge on any atom is 0.232 e. The van der Waals surface area contributed by atoms with E-state index >= 15 is 0 Å². The van der Waals surface area contributed by atoms with Crippen LogP contribution in [0.5, 0.6) is 0 Å². The molecule has 0 spiro atoms.